The number of carbonyl (C=O) groups excluding carboxylic acids is 2. The fraction of sp³-hybridized carbons (Fsp3) is 0.300. The van der Waals surface area contributed by atoms with Gasteiger partial charge in [-0.2, -0.15) is 0 Å². The highest BCUT2D eigenvalue weighted by Gasteiger charge is 2.18. The number of anilines is 2. The smallest absolute Gasteiger partial charge is 0.237 e. The van der Waals surface area contributed by atoms with E-state index in [4.69, 9.17) is 0 Å². The summed E-state index contributed by atoms with van der Waals surface area (Å²) in [5.74, 6) is 0.0780. The van der Waals surface area contributed by atoms with Crippen molar-refractivity contribution < 1.29 is 9.59 Å². The lowest BCUT2D eigenvalue weighted by molar-refractivity contribution is -0.115. The second-order valence-corrected chi connectivity index (χ2v) is 6.85. The van der Waals surface area contributed by atoms with E-state index in [2.05, 4.69) is 17.6 Å². The second kappa shape index (κ2) is 9.89. The van der Waals surface area contributed by atoms with E-state index in [-0.39, 0.29) is 22.8 Å². The first-order chi connectivity index (χ1) is 12.1. The predicted molar refractivity (Wildman–Crippen MR) is 106 cm³/mol. The summed E-state index contributed by atoms with van der Waals surface area (Å²) in [5, 5.41) is 5.50. The number of nitrogens with one attached hydrogen (secondary N) is 2. The standard InChI is InChI=1S/C20H24N2O2S/c1-3-15-10-12-17(13-11-15)22-20(24)18(4-2)25-14-19(23)21-16-8-6-5-7-9-16/h5-13,18H,3-4,14H2,1-2H3,(H,21,23)(H,22,24). The fourth-order valence-corrected chi connectivity index (χ4v) is 3.19. The summed E-state index contributed by atoms with van der Waals surface area (Å²) < 4.78 is 0. The lowest BCUT2D eigenvalue weighted by Gasteiger charge is -2.15. The predicted octanol–water partition coefficient (Wildman–Crippen LogP) is 4.34. The summed E-state index contributed by atoms with van der Waals surface area (Å²) in [6.07, 6.45) is 1.64. The molecule has 2 aromatic carbocycles. The molecule has 1 atom stereocenters. The number of thioether (sulfide) groups is 1. The molecule has 25 heavy (non-hydrogen) atoms. The van der Waals surface area contributed by atoms with Crippen molar-refractivity contribution in [2.75, 3.05) is 16.4 Å². The number of hydrogen-bond acceptors (Lipinski definition) is 3. The third kappa shape index (κ3) is 6.27. The van der Waals surface area contributed by atoms with Crippen molar-refractivity contribution in [3.05, 3.63) is 60.2 Å². The maximum Gasteiger partial charge on any atom is 0.237 e. The Morgan fingerprint density at radius 2 is 1.56 bits per heavy atom. The summed E-state index contributed by atoms with van der Waals surface area (Å²) >= 11 is 1.36. The van der Waals surface area contributed by atoms with Crippen molar-refractivity contribution in [1.29, 1.82) is 0 Å². The Hall–Kier alpha value is -2.27. The van der Waals surface area contributed by atoms with Gasteiger partial charge < -0.3 is 10.6 Å². The van der Waals surface area contributed by atoms with Gasteiger partial charge in [-0.25, -0.2) is 0 Å². The van der Waals surface area contributed by atoms with Crippen LogP contribution < -0.4 is 10.6 Å². The first-order valence-electron chi connectivity index (χ1n) is 8.48. The number of benzene rings is 2. The van der Waals surface area contributed by atoms with Crippen LogP contribution in [-0.4, -0.2) is 22.8 Å². The molecule has 0 heterocycles. The maximum atomic E-state index is 12.4. The highest BCUT2D eigenvalue weighted by molar-refractivity contribution is 8.01. The van der Waals surface area contributed by atoms with Gasteiger partial charge in [-0.1, -0.05) is 44.2 Å². The van der Waals surface area contributed by atoms with Gasteiger partial charge in [0, 0.05) is 11.4 Å². The lowest BCUT2D eigenvalue weighted by Crippen LogP contribution is -2.26. The zero-order chi connectivity index (χ0) is 18.1. The van der Waals surface area contributed by atoms with Crippen LogP contribution in [0, 0.1) is 0 Å². The van der Waals surface area contributed by atoms with E-state index in [0.29, 0.717) is 6.42 Å². The molecule has 0 aliphatic carbocycles. The van der Waals surface area contributed by atoms with E-state index in [1.54, 1.807) is 0 Å². The second-order valence-electron chi connectivity index (χ2n) is 5.66. The molecule has 0 fully saturated rings. The van der Waals surface area contributed by atoms with Gasteiger partial charge >= 0.3 is 0 Å². The van der Waals surface area contributed by atoms with E-state index in [9.17, 15) is 9.59 Å². The van der Waals surface area contributed by atoms with Gasteiger partial charge in [-0.15, -0.1) is 11.8 Å². The molecular formula is C20H24N2O2S. The first-order valence-corrected chi connectivity index (χ1v) is 9.53. The van der Waals surface area contributed by atoms with Gasteiger partial charge in [0.1, 0.15) is 0 Å². The minimum absolute atomic E-state index is 0.0655. The topological polar surface area (TPSA) is 58.2 Å². The van der Waals surface area contributed by atoms with Crippen molar-refractivity contribution in [3.63, 3.8) is 0 Å². The summed E-state index contributed by atoms with van der Waals surface area (Å²) in [5.41, 5.74) is 2.79. The quantitative estimate of drug-likeness (QED) is 0.740. The zero-order valence-electron chi connectivity index (χ0n) is 14.6. The number of para-hydroxylation sites is 1. The zero-order valence-corrected chi connectivity index (χ0v) is 15.4. The Kier molecular flexibility index (Phi) is 7.54. The van der Waals surface area contributed by atoms with Crippen LogP contribution in [0.4, 0.5) is 11.4 Å². The van der Waals surface area contributed by atoms with Crippen LogP contribution in [0.25, 0.3) is 0 Å². The van der Waals surface area contributed by atoms with Crippen LogP contribution in [0.3, 0.4) is 0 Å². The molecule has 2 N–H and O–H groups in total. The first kappa shape index (κ1) is 19.1. The van der Waals surface area contributed by atoms with E-state index < -0.39 is 0 Å². The normalized spacial score (nSPS) is 11.6. The summed E-state index contributed by atoms with van der Waals surface area (Å²) in [6.45, 7) is 4.05. The van der Waals surface area contributed by atoms with Gasteiger partial charge in [-0.05, 0) is 42.7 Å². The van der Waals surface area contributed by atoms with Crippen LogP contribution in [0.5, 0.6) is 0 Å². The van der Waals surface area contributed by atoms with Crippen molar-refractivity contribution in [1.82, 2.24) is 0 Å². The Labute approximate surface area is 153 Å². The van der Waals surface area contributed by atoms with Gasteiger partial charge in [-0.3, -0.25) is 9.59 Å². The minimum atomic E-state index is -0.257. The summed E-state index contributed by atoms with van der Waals surface area (Å²) in [4.78, 5) is 24.4. The summed E-state index contributed by atoms with van der Waals surface area (Å²) in [7, 11) is 0. The molecule has 0 aromatic heterocycles. The van der Waals surface area contributed by atoms with Crippen LogP contribution in [-0.2, 0) is 16.0 Å². The Morgan fingerprint density at radius 3 is 2.16 bits per heavy atom. The van der Waals surface area contributed by atoms with E-state index in [1.807, 2.05) is 61.5 Å². The molecule has 0 spiro atoms. The monoisotopic (exact) mass is 356 g/mol. The van der Waals surface area contributed by atoms with Gasteiger partial charge in [0.05, 0.1) is 11.0 Å². The molecule has 132 valence electrons. The third-order valence-corrected chi connectivity index (χ3v) is 5.14. The van der Waals surface area contributed by atoms with Gasteiger partial charge in [0.25, 0.3) is 0 Å². The van der Waals surface area contributed by atoms with Crippen LogP contribution >= 0.6 is 11.8 Å². The van der Waals surface area contributed by atoms with E-state index in [1.165, 1.54) is 17.3 Å². The van der Waals surface area contributed by atoms with E-state index in [0.717, 1.165) is 17.8 Å². The molecule has 0 radical (unpaired) electrons. The maximum absolute atomic E-state index is 12.4. The number of hydrogen-bond donors (Lipinski definition) is 2. The van der Waals surface area contributed by atoms with Crippen molar-refractivity contribution >= 4 is 35.0 Å². The van der Waals surface area contributed by atoms with E-state index >= 15 is 0 Å². The molecule has 2 rings (SSSR count). The van der Waals surface area contributed by atoms with Crippen molar-refractivity contribution in [2.45, 2.75) is 31.9 Å². The van der Waals surface area contributed by atoms with Crippen molar-refractivity contribution in [2.24, 2.45) is 0 Å². The molecule has 5 heteroatoms. The molecule has 0 aliphatic rings. The molecule has 4 nitrogen and oxygen atoms in total. The minimum Gasteiger partial charge on any atom is -0.325 e. The molecular weight excluding hydrogens is 332 g/mol. The van der Waals surface area contributed by atoms with Crippen LogP contribution in [0.2, 0.25) is 0 Å². The molecule has 1 unspecified atom stereocenters. The van der Waals surface area contributed by atoms with Crippen LogP contribution in [0.15, 0.2) is 54.6 Å². The number of carbonyl (C=O) groups is 2. The molecule has 0 bridgehead atoms. The molecule has 2 amide bonds. The molecule has 0 aliphatic heterocycles. The largest absolute Gasteiger partial charge is 0.325 e. The highest BCUT2D eigenvalue weighted by Crippen LogP contribution is 2.18. The molecule has 0 saturated heterocycles. The number of rotatable bonds is 8. The van der Waals surface area contributed by atoms with Crippen LogP contribution in [0.1, 0.15) is 25.8 Å². The number of aryl methyl sites for hydroxylation is 1. The Morgan fingerprint density at radius 1 is 0.920 bits per heavy atom. The average Bonchev–Trinajstić information content (AvgIpc) is 2.63. The van der Waals surface area contributed by atoms with Gasteiger partial charge in [0.15, 0.2) is 0 Å². The SMILES string of the molecule is CCc1ccc(NC(=O)C(CC)SCC(=O)Nc2ccccc2)cc1. The average molecular weight is 356 g/mol. The van der Waals surface area contributed by atoms with Gasteiger partial charge in [0.2, 0.25) is 11.8 Å². The fourth-order valence-electron chi connectivity index (χ4n) is 2.32. The number of amides is 2. The summed E-state index contributed by atoms with van der Waals surface area (Å²) in [6, 6.07) is 17.2. The lowest BCUT2D eigenvalue weighted by atomic mass is 10.1. The Balaban J connectivity index is 1.83. The Bertz CT molecular complexity index is 687. The van der Waals surface area contributed by atoms with Crippen molar-refractivity contribution in [3.8, 4) is 0 Å². The highest BCUT2D eigenvalue weighted by atomic mass is 32.2. The molecule has 0 saturated carbocycles. The third-order valence-electron chi connectivity index (χ3n) is 3.77. The molecule has 2 aromatic rings.